The average molecular weight is 316 g/mol. The number of rotatable bonds is 1. The van der Waals surface area contributed by atoms with Gasteiger partial charge in [-0.3, -0.25) is 4.79 Å². The molecule has 0 bridgehead atoms. The van der Waals surface area contributed by atoms with E-state index in [0.29, 0.717) is 6.42 Å². The van der Waals surface area contributed by atoms with Crippen LogP contribution in [0.3, 0.4) is 0 Å². The quantitative estimate of drug-likeness (QED) is 0.638. The third-order valence-corrected chi connectivity index (χ3v) is 4.84. The van der Waals surface area contributed by atoms with Gasteiger partial charge in [0.05, 0.1) is 5.56 Å². The molecular formula is C21H16O3. The molecule has 2 heterocycles. The molecule has 3 nitrogen and oxygen atoms in total. The fourth-order valence-electron chi connectivity index (χ4n) is 3.76. The first-order valence-electron chi connectivity index (χ1n) is 8.32. The van der Waals surface area contributed by atoms with Crippen LogP contribution in [0.15, 0.2) is 59.0 Å². The predicted octanol–water partition coefficient (Wildman–Crippen LogP) is 4.95. The summed E-state index contributed by atoms with van der Waals surface area (Å²) in [6, 6.07) is 17.9. The highest BCUT2D eigenvalue weighted by Gasteiger charge is 2.37. The van der Waals surface area contributed by atoms with Crippen molar-refractivity contribution in [2.75, 3.05) is 0 Å². The molecule has 1 unspecified atom stereocenters. The Morgan fingerprint density at radius 1 is 0.875 bits per heavy atom. The summed E-state index contributed by atoms with van der Waals surface area (Å²) in [6.45, 7) is 0. The fraction of sp³-hybridized carbons (Fsp3) is 0.190. The van der Waals surface area contributed by atoms with Crippen LogP contribution in [-0.4, -0.2) is 5.78 Å². The lowest BCUT2D eigenvalue weighted by molar-refractivity contribution is 0.0970. The molecule has 2 aromatic carbocycles. The lowest BCUT2D eigenvalue weighted by Gasteiger charge is -2.26. The standard InChI is InChI=1S/C21H16O3/c22-15-10-6-12-17-19(15)18-14-9-4-5-11-16(14)23-20(21(18)24-17)13-7-2-1-3-8-13/h1-5,7-9,11,20H,6,10,12H2. The largest absolute Gasteiger partial charge is 0.477 e. The molecule has 0 amide bonds. The zero-order valence-corrected chi connectivity index (χ0v) is 13.1. The number of furan rings is 1. The Hall–Kier alpha value is -2.81. The minimum Gasteiger partial charge on any atom is -0.477 e. The summed E-state index contributed by atoms with van der Waals surface area (Å²) < 4.78 is 12.4. The molecule has 1 aromatic heterocycles. The number of carbonyl (C=O) groups excluding carboxylic acids is 1. The van der Waals surface area contributed by atoms with Gasteiger partial charge in [0.2, 0.25) is 0 Å². The number of ether oxygens (including phenoxy) is 1. The topological polar surface area (TPSA) is 39.4 Å². The van der Waals surface area contributed by atoms with Gasteiger partial charge in [-0.25, -0.2) is 0 Å². The Morgan fingerprint density at radius 2 is 1.67 bits per heavy atom. The van der Waals surface area contributed by atoms with E-state index in [9.17, 15) is 4.79 Å². The Kier molecular flexibility index (Phi) is 2.89. The molecule has 0 spiro atoms. The first-order valence-corrected chi connectivity index (χ1v) is 8.32. The van der Waals surface area contributed by atoms with Crippen molar-refractivity contribution in [3.63, 3.8) is 0 Å². The van der Waals surface area contributed by atoms with Crippen molar-refractivity contribution in [2.24, 2.45) is 0 Å². The lowest BCUT2D eigenvalue weighted by atomic mass is 9.87. The second kappa shape index (κ2) is 5.10. The molecule has 0 saturated heterocycles. The van der Waals surface area contributed by atoms with E-state index >= 15 is 0 Å². The van der Waals surface area contributed by atoms with Crippen LogP contribution in [0.25, 0.3) is 11.1 Å². The van der Waals surface area contributed by atoms with Gasteiger partial charge in [-0.2, -0.15) is 0 Å². The zero-order chi connectivity index (χ0) is 16.1. The maximum absolute atomic E-state index is 12.6. The van der Waals surface area contributed by atoms with Crippen LogP contribution in [0.4, 0.5) is 0 Å². The summed E-state index contributed by atoms with van der Waals surface area (Å²) in [5.74, 6) is 2.57. The lowest BCUT2D eigenvalue weighted by Crippen LogP contribution is -2.15. The number of para-hydroxylation sites is 1. The third kappa shape index (κ3) is 1.88. The van der Waals surface area contributed by atoms with Gasteiger partial charge in [0.25, 0.3) is 0 Å². The number of Topliss-reactive ketones (excluding diaryl/α,β-unsaturated/α-hetero) is 1. The van der Waals surface area contributed by atoms with Crippen molar-refractivity contribution < 1.29 is 13.9 Å². The molecule has 1 atom stereocenters. The molecule has 3 heteroatoms. The van der Waals surface area contributed by atoms with Crippen LogP contribution in [0.1, 0.15) is 46.4 Å². The van der Waals surface area contributed by atoms with Crippen LogP contribution in [0.5, 0.6) is 5.75 Å². The van der Waals surface area contributed by atoms with E-state index in [0.717, 1.165) is 52.4 Å². The van der Waals surface area contributed by atoms with Gasteiger partial charge in [-0.15, -0.1) is 0 Å². The van der Waals surface area contributed by atoms with Gasteiger partial charge in [0.1, 0.15) is 11.5 Å². The van der Waals surface area contributed by atoms with Crippen LogP contribution >= 0.6 is 0 Å². The second-order valence-corrected chi connectivity index (χ2v) is 6.32. The third-order valence-electron chi connectivity index (χ3n) is 4.84. The number of carbonyl (C=O) groups is 1. The molecule has 1 aliphatic heterocycles. The summed E-state index contributed by atoms with van der Waals surface area (Å²) in [6.07, 6.45) is 1.96. The minimum atomic E-state index is -0.311. The normalized spacial score (nSPS) is 18.3. The van der Waals surface area contributed by atoms with Crippen molar-refractivity contribution in [2.45, 2.75) is 25.4 Å². The van der Waals surface area contributed by atoms with Crippen molar-refractivity contribution >= 4 is 5.78 Å². The number of benzene rings is 2. The number of ketones is 1. The molecule has 118 valence electrons. The molecule has 1 aliphatic carbocycles. The van der Waals surface area contributed by atoms with Crippen LogP contribution in [0.2, 0.25) is 0 Å². The van der Waals surface area contributed by atoms with E-state index in [1.807, 2.05) is 54.6 Å². The van der Waals surface area contributed by atoms with Gasteiger partial charge < -0.3 is 9.15 Å². The van der Waals surface area contributed by atoms with E-state index in [4.69, 9.17) is 9.15 Å². The summed E-state index contributed by atoms with van der Waals surface area (Å²) in [7, 11) is 0. The maximum Gasteiger partial charge on any atom is 0.182 e. The monoisotopic (exact) mass is 316 g/mol. The average Bonchev–Trinajstić information content (AvgIpc) is 3.03. The van der Waals surface area contributed by atoms with Gasteiger partial charge in [0.15, 0.2) is 17.6 Å². The highest BCUT2D eigenvalue weighted by molar-refractivity contribution is 6.05. The first kappa shape index (κ1) is 13.6. The van der Waals surface area contributed by atoms with E-state index in [2.05, 4.69) is 0 Å². The highest BCUT2D eigenvalue weighted by Crippen LogP contribution is 2.49. The molecule has 24 heavy (non-hydrogen) atoms. The summed E-state index contributed by atoms with van der Waals surface area (Å²) in [5.41, 5.74) is 3.70. The highest BCUT2D eigenvalue weighted by atomic mass is 16.5. The fourth-order valence-corrected chi connectivity index (χ4v) is 3.76. The van der Waals surface area contributed by atoms with Gasteiger partial charge in [0, 0.05) is 29.5 Å². The van der Waals surface area contributed by atoms with E-state index in [-0.39, 0.29) is 11.9 Å². The second-order valence-electron chi connectivity index (χ2n) is 6.32. The first-order chi connectivity index (χ1) is 11.8. The van der Waals surface area contributed by atoms with E-state index < -0.39 is 0 Å². The van der Waals surface area contributed by atoms with Crippen molar-refractivity contribution in [3.8, 4) is 16.9 Å². The number of aryl methyl sites for hydroxylation is 1. The number of hydrogen-bond acceptors (Lipinski definition) is 3. The van der Waals surface area contributed by atoms with E-state index in [1.54, 1.807) is 0 Å². The Bertz CT molecular complexity index is 937. The van der Waals surface area contributed by atoms with Crippen molar-refractivity contribution in [3.05, 3.63) is 77.2 Å². The summed E-state index contributed by atoms with van der Waals surface area (Å²) in [4.78, 5) is 12.6. The molecule has 3 aromatic rings. The maximum atomic E-state index is 12.6. The Labute approximate surface area is 139 Å². The number of fused-ring (bicyclic) bond motifs is 5. The van der Waals surface area contributed by atoms with Crippen LogP contribution in [-0.2, 0) is 6.42 Å². The number of hydrogen-bond donors (Lipinski definition) is 0. The smallest absolute Gasteiger partial charge is 0.182 e. The molecule has 0 fully saturated rings. The predicted molar refractivity (Wildman–Crippen MR) is 90.3 cm³/mol. The molecule has 5 rings (SSSR count). The zero-order valence-electron chi connectivity index (χ0n) is 13.1. The van der Waals surface area contributed by atoms with Crippen molar-refractivity contribution in [1.82, 2.24) is 0 Å². The Balaban J connectivity index is 1.80. The van der Waals surface area contributed by atoms with Crippen molar-refractivity contribution in [1.29, 1.82) is 0 Å². The molecule has 2 aliphatic rings. The molecule has 0 saturated carbocycles. The van der Waals surface area contributed by atoms with Crippen LogP contribution in [0, 0.1) is 0 Å². The Morgan fingerprint density at radius 3 is 2.54 bits per heavy atom. The van der Waals surface area contributed by atoms with Gasteiger partial charge >= 0.3 is 0 Å². The molecular weight excluding hydrogens is 300 g/mol. The summed E-state index contributed by atoms with van der Waals surface area (Å²) >= 11 is 0. The van der Waals surface area contributed by atoms with Gasteiger partial charge in [-0.05, 0) is 12.5 Å². The van der Waals surface area contributed by atoms with Crippen LogP contribution < -0.4 is 4.74 Å². The SMILES string of the molecule is O=C1CCCc2oc3c(c21)-c1ccccc1OC3c1ccccc1. The molecule has 0 N–H and O–H groups in total. The summed E-state index contributed by atoms with van der Waals surface area (Å²) in [5, 5.41) is 0. The molecule has 0 radical (unpaired) electrons. The minimum absolute atomic E-state index is 0.185. The van der Waals surface area contributed by atoms with Gasteiger partial charge in [-0.1, -0.05) is 48.5 Å². The van der Waals surface area contributed by atoms with E-state index in [1.165, 1.54) is 0 Å².